The Hall–Kier alpha value is -3.21. The highest BCUT2D eigenvalue weighted by atomic mass is 35.5. The first kappa shape index (κ1) is 32.3. The Bertz CT molecular complexity index is 1420. The maximum Gasteiger partial charge on any atom is 0.264 e. The van der Waals surface area contributed by atoms with Crippen molar-refractivity contribution in [2.45, 2.75) is 49.6 Å². The van der Waals surface area contributed by atoms with Crippen molar-refractivity contribution in [3.05, 3.63) is 83.4 Å². The second-order valence-corrected chi connectivity index (χ2v) is 12.2. The molecule has 0 saturated heterocycles. The molecule has 0 fully saturated rings. The SMILES string of the molecule is CCNC(=O)[C@H](CC)N(Cc1ccc(Cl)cc1)C(=O)CN(c1ccccc1OCC)S(=O)(=O)c1ccc(SC)cc1. The molecule has 3 aromatic carbocycles. The van der Waals surface area contributed by atoms with Crippen LogP contribution in [0.4, 0.5) is 5.69 Å². The predicted molar refractivity (Wildman–Crippen MR) is 165 cm³/mol. The van der Waals surface area contributed by atoms with Crippen molar-refractivity contribution in [1.82, 2.24) is 10.2 Å². The molecule has 1 N–H and O–H groups in total. The highest BCUT2D eigenvalue weighted by Crippen LogP contribution is 2.33. The number of nitrogens with one attached hydrogen (secondary N) is 1. The van der Waals surface area contributed by atoms with Gasteiger partial charge in [-0.3, -0.25) is 13.9 Å². The summed E-state index contributed by atoms with van der Waals surface area (Å²) in [5.74, 6) is -0.519. The zero-order chi connectivity index (χ0) is 30.0. The van der Waals surface area contributed by atoms with E-state index in [4.69, 9.17) is 16.3 Å². The second kappa shape index (κ2) is 15.1. The zero-order valence-corrected chi connectivity index (χ0v) is 26.1. The van der Waals surface area contributed by atoms with Crippen molar-refractivity contribution in [3.8, 4) is 5.75 Å². The van der Waals surface area contributed by atoms with Crippen molar-refractivity contribution in [3.63, 3.8) is 0 Å². The molecule has 0 unspecified atom stereocenters. The van der Waals surface area contributed by atoms with Gasteiger partial charge in [-0.15, -0.1) is 11.8 Å². The van der Waals surface area contributed by atoms with Crippen LogP contribution < -0.4 is 14.4 Å². The average Bonchev–Trinajstić information content (AvgIpc) is 2.97. The summed E-state index contributed by atoms with van der Waals surface area (Å²) in [6.07, 6.45) is 2.24. The number of ether oxygens (including phenoxy) is 1. The summed E-state index contributed by atoms with van der Waals surface area (Å²) in [6, 6.07) is 19.4. The third-order valence-corrected chi connectivity index (χ3v) is 9.13. The Morgan fingerprint density at radius 2 is 1.63 bits per heavy atom. The largest absolute Gasteiger partial charge is 0.492 e. The van der Waals surface area contributed by atoms with E-state index >= 15 is 0 Å². The van der Waals surface area contributed by atoms with Gasteiger partial charge in [0.2, 0.25) is 11.8 Å². The summed E-state index contributed by atoms with van der Waals surface area (Å²) >= 11 is 7.56. The van der Waals surface area contributed by atoms with Crippen LogP contribution in [0.15, 0.2) is 82.6 Å². The third kappa shape index (κ3) is 8.18. The summed E-state index contributed by atoms with van der Waals surface area (Å²) in [5.41, 5.74) is 0.983. The summed E-state index contributed by atoms with van der Waals surface area (Å²) in [5, 5.41) is 3.34. The van der Waals surface area contributed by atoms with Crippen LogP contribution in [0.5, 0.6) is 5.75 Å². The number of benzene rings is 3. The highest BCUT2D eigenvalue weighted by Gasteiger charge is 2.34. The Morgan fingerprint density at radius 1 is 0.976 bits per heavy atom. The van der Waals surface area contributed by atoms with Gasteiger partial charge in [0, 0.05) is 23.0 Å². The van der Waals surface area contributed by atoms with Gasteiger partial charge in [-0.05, 0) is 80.6 Å². The van der Waals surface area contributed by atoms with Gasteiger partial charge in [-0.1, -0.05) is 42.8 Å². The number of sulfonamides is 1. The molecule has 0 aliphatic carbocycles. The quantitative estimate of drug-likeness (QED) is 0.237. The van der Waals surface area contributed by atoms with Crippen LogP contribution in [0.2, 0.25) is 5.02 Å². The van der Waals surface area contributed by atoms with E-state index in [1.54, 1.807) is 74.5 Å². The fraction of sp³-hybridized carbons (Fsp3) is 0.333. The van der Waals surface area contributed by atoms with Crippen molar-refractivity contribution in [1.29, 1.82) is 0 Å². The fourth-order valence-electron chi connectivity index (χ4n) is 4.33. The van der Waals surface area contributed by atoms with Gasteiger partial charge in [0.1, 0.15) is 18.3 Å². The van der Waals surface area contributed by atoms with Crippen LogP contribution in [0.3, 0.4) is 0 Å². The minimum atomic E-state index is -4.21. The van der Waals surface area contributed by atoms with Crippen LogP contribution in [0.25, 0.3) is 0 Å². The molecule has 0 spiro atoms. The highest BCUT2D eigenvalue weighted by molar-refractivity contribution is 7.98. The lowest BCUT2D eigenvalue weighted by atomic mass is 10.1. The molecule has 41 heavy (non-hydrogen) atoms. The number of para-hydroxylation sites is 2. The summed E-state index contributed by atoms with van der Waals surface area (Å²) in [7, 11) is -4.21. The number of likely N-dealkylation sites (N-methyl/N-ethyl adjacent to an activating group) is 1. The Labute approximate surface area is 252 Å². The number of halogens is 1. The second-order valence-electron chi connectivity index (χ2n) is 9.05. The average molecular weight is 618 g/mol. The van der Waals surface area contributed by atoms with E-state index in [0.717, 1.165) is 14.8 Å². The van der Waals surface area contributed by atoms with Gasteiger partial charge in [0.25, 0.3) is 10.0 Å². The number of thioether (sulfide) groups is 1. The summed E-state index contributed by atoms with van der Waals surface area (Å²) in [6.45, 7) is 5.67. The lowest BCUT2D eigenvalue weighted by Gasteiger charge is -2.33. The molecule has 0 aliphatic heterocycles. The summed E-state index contributed by atoms with van der Waals surface area (Å²) < 4.78 is 35.1. The predicted octanol–water partition coefficient (Wildman–Crippen LogP) is 5.60. The smallest absolute Gasteiger partial charge is 0.264 e. The first-order valence-corrected chi connectivity index (χ1v) is 16.4. The number of carbonyl (C=O) groups excluding carboxylic acids is 2. The number of amides is 2. The molecule has 0 aromatic heterocycles. The molecular formula is C30H36ClN3O5S2. The van der Waals surface area contributed by atoms with E-state index in [0.29, 0.717) is 30.3 Å². The maximum atomic E-state index is 14.1. The van der Waals surface area contributed by atoms with Crippen LogP contribution in [0, 0.1) is 0 Å². The van der Waals surface area contributed by atoms with Crippen molar-refractivity contribution < 1.29 is 22.7 Å². The van der Waals surface area contributed by atoms with E-state index < -0.39 is 28.5 Å². The van der Waals surface area contributed by atoms with Gasteiger partial charge >= 0.3 is 0 Å². The molecule has 2 amide bonds. The monoisotopic (exact) mass is 617 g/mol. The molecule has 0 radical (unpaired) electrons. The van der Waals surface area contributed by atoms with Gasteiger partial charge in [0.05, 0.1) is 17.2 Å². The topological polar surface area (TPSA) is 96.0 Å². The maximum absolute atomic E-state index is 14.1. The minimum absolute atomic E-state index is 0.0365. The Morgan fingerprint density at radius 3 is 2.22 bits per heavy atom. The number of carbonyl (C=O) groups is 2. The molecule has 8 nitrogen and oxygen atoms in total. The lowest BCUT2D eigenvalue weighted by molar-refractivity contribution is -0.140. The molecule has 0 bridgehead atoms. The molecule has 3 aromatic rings. The first-order chi connectivity index (χ1) is 19.7. The molecule has 11 heteroatoms. The minimum Gasteiger partial charge on any atom is -0.492 e. The van der Waals surface area contributed by atoms with Gasteiger partial charge in [-0.2, -0.15) is 0 Å². The van der Waals surface area contributed by atoms with Crippen molar-refractivity contribution in [2.75, 3.05) is 30.3 Å². The number of nitrogens with zero attached hydrogens (tertiary/aromatic N) is 2. The van der Waals surface area contributed by atoms with E-state index in [2.05, 4.69) is 5.32 Å². The molecule has 0 aliphatic rings. The number of rotatable bonds is 14. The zero-order valence-electron chi connectivity index (χ0n) is 23.7. The van der Waals surface area contributed by atoms with Crippen molar-refractivity contribution in [2.24, 2.45) is 0 Å². The standard InChI is InChI=1S/C30H36ClN3O5S2/c1-5-26(30(36)32-6-2)33(20-22-12-14-23(31)15-13-22)29(35)21-34(27-10-8-9-11-28(27)39-7-3)41(37,38)25-18-16-24(40-4)17-19-25/h8-19,26H,5-7,20-21H2,1-4H3,(H,32,36)/t26-/m0/s1. The molecular weight excluding hydrogens is 582 g/mol. The summed E-state index contributed by atoms with van der Waals surface area (Å²) in [4.78, 5) is 29.6. The van der Waals surface area contributed by atoms with E-state index in [1.165, 1.54) is 28.8 Å². The molecule has 0 heterocycles. The van der Waals surface area contributed by atoms with Gasteiger partial charge in [0.15, 0.2) is 0 Å². The van der Waals surface area contributed by atoms with Gasteiger partial charge in [-0.25, -0.2) is 8.42 Å². The molecule has 220 valence electrons. The Balaban J connectivity index is 2.11. The van der Waals surface area contributed by atoms with Crippen LogP contribution in [-0.4, -0.2) is 57.1 Å². The number of hydrogen-bond acceptors (Lipinski definition) is 6. The lowest BCUT2D eigenvalue weighted by Crippen LogP contribution is -2.52. The molecule has 0 saturated carbocycles. The van der Waals surface area contributed by atoms with E-state index in [-0.39, 0.29) is 23.0 Å². The fourth-order valence-corrected chi connectivity index (χ4v) is 6.29. The van der Waals surface area contributed by atoms with Crippen molar-refractivity contribution >= 4 is 50.9 Å². The molecule has 1 atom stereocenters. The number of anilines is 1. The normalized spacial score (nSPS) is 11.9. The van der Waals surface area contributed by atoms with Crippen LogP contribution >= 0.6 is 23.4 Å². The first-order valence-electron chi connectivity index (χ1n) is 13.4. The van der Waals surface area contributed by atoms with E-state index in [9.17, 15) is 18.0 Å². The van der Waals surface area contributed by atoms with Gasteiger partial charge < -0.3 is 15.0 Å². The van der Waals surface area contributed by atoms with E-state index in [1.807, 2.05) is 13.2 Å². The number of hydrogen-bond donors (Lipinski definition) is 1. The molecule has 3 rings (SSSR count). The van der Waals surface area contributed by atoms with Crippen LogP contribution in [-0.2, 0) is 26.2 Å². The van der Waals surface area contributed by atoms with Crippen LogP contribution in [0.1, 0.15) is 32.8 Å². The Kier molecular flexibility index (Phi) is 11.9. The third-order valence-electron chi connectivity index (χ3n) is 6.36.